The van der Waals surface area contributed by atoms with Crippen molar-refractivity contribution in [3.05, 3.63) is 30.1 Å². The molecule has 0 spiro atoms. The molecule has 0 atom stereocenters. The second kappa shape index (κ2) is 7.01. The Kier molecular flexibility index (Phi) is 5.63. The molecule has 1 aromatic rings. The van der Waals surface area contributed by atoms with Crippen LogP contribution in [-0.2, 0) is 11.3 Å². The summed E-state index contributed by atoms with van der Waals surface area (Å²) in [6.45, 7) is 5.74. The van der Waals surface area contributed by atoms with Gasteiger partial charge in [0.15, 0.2) is 18.9 Å². The van der Waals surface area contributed by atoms with Gasteiger partial charge in [-0.1, -0.05) is 0 Å². The van der Waals surface area contributed by atoms with Crippen LogP contribution in [-0.4, -0.2) is 35.6 Å². The molecule has 0 aromatic carbocycles. The fraction of sp³-hybridized carbons (Fsp3) is 0.538. The number of hydrogen-bond acceptors (Lipinski definition) is 2. The minimum atomic E-state index is 0.0251. The number of rotatable bonds is 6. The van der Waals surface area contributed by atoms with Crippen LogP contribution in [0, 0.1) is 6.92 Å². The smallest absolute Gasteiger partial charge is 0.229 e. The van der Waals surface area contributed by atoms with E-state index >= 15 is 0 Å². The Balaban J connectivity index is 2.44. The Morgan fingerprint density at radius 1 is 1.41 bits per heavy atom. The van der Waals surface area contributed by atoms with Crippen LogP contribution in [0.25, 0.3) is 0 Å². The van der Waals surface area contributed by atoms with Crippen molar-refractivity contribution in [3.8, 4) is 0 Å². The van der Waals surface area contributed by atoms with Crippen LogP contribution in [0.2, 0.25) is 0 Å². The summed E-state index contributed by atoms with van der Waals surface area (Å²) in [6.07, 6.45) is 4.43. The lowest BCUT2D eigenvalue weighted by Crippen LogP contribution is -2.39. The largest absolute Gasteiger partial charge is 0.395 e. The van der Waals surface area contributed by atoms with Gasteiger partial charge in [0.1, 0.15) is 0 Å². The average molecular weight is 237 g/mol. The standard InChI is InChI=1S/C13H21N2O2/c1-3-15(10-11-16)13(17)6-9-14-7-4-12(2)5-8-14/h4-5,7-8,16H,3,6,9-11H2,1-2H3/q+1. The van der Waals surface area contributed by atoms with Crippen LogP contribution >= 0.6 is 0 Å². The van der Waals surface area contributed by atoms with Gasteiger partial charge in [0.2, 0.25) is 5.91 Å². The van der Waals surface area contributed by atoms with E-state index in [2.05, 4.69) is 0 Å². The summed E-state index contributed by atoms with van der Waals surface area (Å²) in [5.74, 6) is 0.0922. The zero-order valence-electron chi connectivity index (χ0n) is 10.6. The van der Waals surface area contributed by atoms with Gasteiger partial charge in [0, 0.05) is 25.2 Å². The van der Waals surface area contributed by atoms with Gasteiger partial charge < -0.3 is 10.0 Å². The highest BCUT2D eigenvalue weighted by molar-refractivity contribution is 5.75. The number of pyridine rings is 1. The SMILES string of the molecule is CCN(CCO)C(=O)CC[n+]1ccc(C)cc1. The number of amides is 1. The Morgan fingerprint density at radius 3 is 2.59 bits per heavy atom. The van der Waals surface area contributed by atoms with E-state index in [0.29, 0.717) is 26.1 Å². The summed E-state index contributed by atoms with van der Waals surface area (Å²) in [7, 11) is 0. The molecule has 17 heavy (non-hydrogen) atoms. The third kappa shape index (κ3) is 4.53. The van der Waals surface area contributed by atoms with E-state index in [4.69, 9.17) is 5.11 Å². The molecule has 1 aromatic heterocycles. The maximum Gasteiger partial charge on any atom is 0.229 e. The van der Waals surface area contributed by atoms with Crippen molar-refractivity contribution in [2.45, 2.75) is 26.8 Å². The van der Waals surface area contributed by atoms with Gasteiger partial charge in [-0.3, -0.25) is 4.79 Å². The third-order valence-corrected chi connectivity index (χ3v) is 2.75. The summed E-state index contributed by atoms with van der Waals surface area (Å²) in [6, 6.07) is 4.05. The number of aryl methyl sites for hydroxylation is 2. The first-order chi connectivity index (χ1) is 8.17. The number of aromatic nitrogens is 1. The predicted octanol–water partition coefficient (Wildman–Crippen LogP) is 0.513. The number of aliphatic hydroxyl groups excluding tert-OH is 1. The maximum absolute atomic E-state index is 11.8. The van der Waals surface area contributed by atoms with E-state index in [0.717, 1.165) is 0 Å². The van der Waals surface area contributed by atoms with Gasteiger partial charge in [-0.05, 0) is 19.4 Å². The molecule has 0 aliphatic rings. The second-order valence-electron chi connectivity index (χ2n) is 4.06. The summed E-state index contributed by atoms with van der Waals surface area (Å²) >= 11 is 0. The third-order valence-electron chi connectivity index (χ3n) is 2.75. The summed E-state index contributed by atoms with van der Waals surface area (Å²) < 4.78 is 2.00. The number of aliphatic hydroxyl groups is 1. The lowest BCUT2D eigenvalue weighted by atomic mass is 10.3. The Bertz CT molecular complexity index is 349. The Morgan fingerprint density at radius 2 is 2.06 bits per heavy atom. The molecule has 0 saturated heterocycles. The number of hydrogen-bond donors (Lipinski definition) is 1. The van der Waals surface area contributed by atoms with Crippen LogP contribution in [0.1, 0.15) is 18.9 Å². The first kappa shape index (κ1) is 13.6. The molecule has 1 N–H and O–H groups in total. The summed E-state index contributed by atoms with van der Waals surface area (Å²) in [5.41, 5.74) is 1.21. The van der Waals surface area contributed by atoms with Gasteiger partial charge in [0.25, 0.3) is 0 Å². The molecule has 0 saturated carbocycles. The van der Waals surface area contributed by atoms with Crippen molar-refractivity contribution >= 4 is 5.91 Å². The second-order valence-corrected chi connectivity index (χ2v) is 4.06. The predicted molar refractivity (Wildman–Crippen MR) is 65.3 cm³/mol. The van der Waals surface area contributed by atoms with E-state index in [9.17, 15) is 4.79 Å². The zero-order valence-corrected chi connectivity index (χ0v) is 10.6. The molecule has 0 bridgehead atoms. The van der Waals surface area contributed by atoms with Crippen LogP contribution in [0.3, 0.4) is 0 Å². The van der Waals surface area contributed by atoms with Crippen molar-refractivity contribution in [2.24, 2.45) is 0 Å². The van der Waals surface area contributed by atoms with Crippen molar-refractivity contribution in [1.82, 2.24) is 4.90 Å². The molecule has 1 heterocycles. The van der Waals surface area contributed by atoms with Gasteiger partial charge >= 0.3 is 0 Å². The monoisotopic (exact) mass is 237 g/mol. The van der Waals surface area contributed by atoms with Crippen molar-refractivity contribution in [2.75, 3.05) is 19.7 Å². The van der Waals surface area contributed by atoms with Gasteiger partial charge in [-0.2, -0.15) is 0 Å². The molecule has 0 aliphatic heterocycles. The number of likely N-dealkylation sites (N-methyl/N-ethyl adjacent to an activating group) is 1. The zero-order chi connectivity index (χ0) is 12.7. The molecule has 1 rings (SSSR count). The van der Waals surface area contributed by atoms with Crippen molar-refractivity contribution in [3.63, 3.8) is 0 Å². The first-order valence-corrected chi connectivity index (χ1v) is 6.01. The van der Waals surface area contributed by atoms with Crippen LogP contribution in [0.5, 0.6) is 0 Å². The van der Waals surface area contributed by atoms with Crippen LogP contribution in [0.15, 0.2) is 24.5 Å². The van der Waals surface area contributed by atoms with E-state index in [1.807, 2.05) is 42.9 Å². The van der Waals surface area contributed by atoms with Gasteiger partial charge in [0.05, 0.1) is 13.0 Å². The van der Waals surface area contributed by atoms with E-state index in [1.165, 1.54) is 5.56 Å². The molecule has 4 nitrogen and oxygen atoms in total. The molecule has 1 amide bonds. The fourth-order valence-electron chi connectivity index (χ4n) is 1.64. The van der Waals surface area contributed by atoms with Crippen molar-refractivity contribution in [1.29, 1.82) is 0 Å². The number of carbonyl (C=O) groups is 1. The minimum Gasteiger partial charge on any atom is -0.395 e. The van der Waals surface area contributed by atoms with Crippen LogP contribution < -0.4 is 4.57 Å². The van der Waals surface area contributed by atoms with E-state index < -0.39 is 0 Å². The van der Waals surface area contributed by atoms with Crippen molar-refractivity contribution < 1.29 is 14.5 Å². The van der Waals surface area contributed by atoms with E-state index in [1.54, 1.807) is 4.90 Å². The minimum absolute atomic E-state index is 0.0251. The van der Waals surface area contributed by atoms with Gasteiger partial charge in [-0.15, -0.1) is 0 Å². The van der Waals surface area contributed by atoms with Gasteiger partial charge in [-0.25, -0.2) is 4.57 Å². The molecule has 0 radical (unpaired) electrons. The summed E-state index contributed by atoms with van der Waals surface area (Å²) in [5, 5.41) is 8.83. The lowest BCUT2D eigenvalue weighted by molar-refractivity contribution is -0.696. The first-order valence-electron chi connectivity index (χ1n) is 6.01. The average Bonchev–Trinajstić information content (AvgIpc) is 2.35. The molecular formula is C13H21N2O2+. The fourth-order valence-corrected chi connectivity index (χ4v) is 1.64. The normalized spacial score (nSPS) is 10.3. The maximum atomic E-state index is 11.8. The quantitative estimate of drug-likeness (QED) is 0.733. The topological polar surface area (TPSA) is 44.4 Å². The molecule has 0 aliphatic carbocycles. The summed E-state index contributed by atoms with van der Waals surface area (Å²) in [4.78, 5) is 13.5. The Hall–Kier alpha value is -1.42. The van der Waals surface area contributed by atoms with E-state index in [-0.39, 0.29) is 12.5 Å². The highest BCUT2D eigenvalue weighted by Gasteiger charge is 2.12. The van der Waals surface area contributed by atoms with Crippen LogP contribution in [0.4, 0.5) is 0 Å². The molecule has 94 valence electrons. The molecular weight excluding hydrogens is 216 g/mol. The molecule has 0 fully saturated rings. The lowest BCUT2D eigenvalue weighted by Gasteiger charge is -2.18. The molecule has 4 heteroatoms. The number of carbonyl (C=O) groups excluding carboxylic acids is 1. The highest BCUT2D eigenvalue weighted by atomic mass is 16.3. The molecule has 0 unspecified atom stereocenters. The highest BCUT2D eigenvalue weighted by Crippen LogP contribution is 1.95. The Labute approximate surface area is 102 Å². The number of nitrogens with zero attached hydrogens (tertiary/aromatic N) is 2.